The van der Waals surface area contributed by atoms with Crippen molar-refractivity contribution in [2.75, 3.05) is 124 Å². The fourth-order valence-electron chi connectivity index (χ4n) is 8.63. The maximum absolute atomic E-state index is 11.6. The number of piperazine rings is 2. The summed E-state index contributed by atoms with van der Waals surface area (Å²) >= 11 is 3.39. The second-order valence-electron chi connectivity index (χ2n) is 16.7. The molecule has 10 rings (SSSR count). The van der Waals surface area contributed by atoms with E-state index in [0.717, 1.165) is 161 Å². The van der Waals surface area contributed by atoms with Crippen LogP contribution in [-0.2, 0) is 22.4 Å². The highest BCUT2D eigenvalue weighted by Gasteiger charge is 2.24. The van der Waals surface area contributed by atoms with Gasteiger partial charge in [0.25, 0.3) is 0 Å². The number of aryl methyl sites for hydroxylation is 2. The van der Waals surface area contributed by atoms with Gasteiger partial charge < -0.3 is 54.2 Å². The highest BCUT2D eigenvalue weighted by molar-refractivity contribution is 9.09. The van der Waals surface area contributed by atoms with Crippen LogP contribution in [0.5, 0.6) is 34.5 Å². The van der Waals surface area contributed by atoms with Crippen LogP contribution in [0.4, 0.5) is 22.7 Å². The van der Waals surface area contributed by atoms with Gasteiger partial charge in [0, 0.05) is 94.0 Å². The molecular formula is C50H63BrN6O8. The SMILES string of the molecule is O=C1CCc2ccc(OCCCCBr)cc2N1.O=C1CCc2ccc(OCCCCN3CCN(c4cccc5c4OCCO5)CC3)cc2N1.c1cc2c(c(N3CCNCC3)c1)OCCO2. The third-order valence-corrected chi connectivity index (χ3v) is 12.7. The zero-order valence-corrected chi connectivity index (χ0v) is 39.0. The second kappa shape index (κ2) is 23.7. The van der Waals surface area contributed by atoms with Crippen molar-refractivity contribution in [3.8, 4) is 34.5 Å². The van der Waals surface area contributed by atoms with Gasteiger partial charge in [-0.1, -0.05) is 40.2 Å². The van der Waals surface area contributed by atoms with Crippen LogP contribution in [0.25, 0.3) is 0 Å². The van der Waals surface area contributed by atoms with Crippen LogP contribution in [0.2, 0.25) is 0 Å². The Bertz CT molecular complexity index is 2200. The van der Waals surface area contributed by atoms with Crippen LogP contribution in [0.15, 0.2) is 72.8 Å². The molecule has 0 radical (unpaired) electrons. The number of benzene rings is 4. The van der Waals surface area contributed by atoms with Crippen LogP contribution in [-0.4, -0.2) is 121 Å². The minimum Gasteiger partial charge on any atom is -0.494 e. The van der Waals surface area contributed by atoms with E-state index < -0.39 is 0 Å². The summed E-state index contributed by atoms with van der Waals surface area (Å²) in [6.45, 7) is 13.3. The summed E-state index contributed by atoms with van der Waals surface area (Å²) in [5.74, 6) is 5.38. The summed E-state index contributed by atoms with van der Waals surface area (Å²) in [6.07, 6.45) is 7.06. The van der Waals surface area contributed by atoms with Crippen molar-refractivity contribution in [2.24, 2.45) is 0 Å². The first-order valence-corrected chi connectivity index (χ1v) is 24.5. The number of ether oxygens (including phenoxy) is 6. The Hall–Kier alpha value is -5.38. The van der Waals surface area contributed by atoms with E-state index in [9.17, 15) is 9.59 Å². The number of amides is 2. The van der Waals surface area contributed by atoms with E-state index in [1.165, 1.54) is 16.8 Å². The molecule has 14 nitrogen and oxygen atoms in total. The molecule has 348 valence electrons. The molecule has 6 aliphatic rings. The number of rotatable bonds is 13. The van der Waals surface area contributed by atoms with Gasteiger partial charge in [-0.05, 0) is 92.6 Å². The molecule has 0 bridgehead atoms. The minimum absolute atomic E-state index is 0.0859. The fourth-order valence-corrected chi connectivity index (χ4v) is 9.02. The van der Waals surface area contributed by atoms with Gasteiger partial charge in [-0.3, -0.25) is 14.5 Å². The van der Waals surface area contributed by atoms with Gasteiger partial charge in [0.15, 0.2) is 23.0 Å². The van der Waals surface area contributed by atoms with Gasteiger partial charge in [-0.2, -0.15) is 0 Å². The number of hydrogen-bond acceptors (Lipinski definition) is 12. The molecule has 0 spiro atoms. The fraction of sp³-hybridized carbons (Fsp3) is 0.480. The Morgan fingerprint density at radius 3 is 1.60 bits per heavy atom. The van der Waals surface area contributed by atoms with Crippen molar-refractivity contribution >= 4 is 50.5 Å². The molecule has 3 N–H and O–H groups in total. The average molecular weight is 956 g/mol. The Morgan fingerprint density at radius 2 is 1.06 bits per heavy atom. The molecule has 0 unspecified atom stereocenters. The van der Waals surface area contributed by atoms with E-state index in [2.05, 4.69) is 64.8 Å². The lowest BCUT2D eigenvalue weighted by Crippen LogP contribution is -2.46. The zero-order chi connectivity index (χ0) is 44.6. The largest absolute Gasteiger partial charge is 0.494 e. The van der Waals surface area contributed by atoms with Gasteiger partial charge in [0.05, 0.1) is 24.6 Å². The standard InChI is InChI=1S/C25H31N3O4.C13H16BrNO2.C12H16N2O2/c29-24-9-7-19-6-8-20(18-21(19)26-24)30-15-2-1-10-27-11-13-28(14-12-27)22-4-3-5-23-25(22)32-17-16-31-23;14-7-1-2-8-17-11-5-3-10-4-6-13(16)15-12(10)9-11;1-2-10(14-6-4-13-5-7-14)12-11(3-1)15-8-9-16-12/h3-6,8,18H,1-2,7,9-17H2,(H,26,29);3,5,9H,1-2,4,6-8H2,(H,15,16);1-3,13H,4-9H2. The van der Waals surface area contributed by atoms with E-state index >= 15 is 0 Å². The average Bonchev–Trinajstić information content (AvgIpc) is 3.35. The quantitative estimate of drug-likeness (QED) is 0.0917. The van der Waals surface area contributed by atoms with Crippen LogP contribution < -0.4 is 54.2 Å². The molecule has 4 aromatic rings. The molecular weight excluding hydrogens is 892 g/mol. The smallest absolute Gasteiger partial charge is 0.224 e. The van der Waals surface area contributed by atoms with Crippen molar-refractivity contribution in [2.45, 2.75) is 51.4 Å². The van der Waals surface area contributed by atoms with Gasteiger partial charge >= 0.3 is 0 Å². The Kier molecular flexibility index (Phi) is 16.8. The van der Waals surface area contributed by atoms with E-state index in [0.29, 0.717) is 45.9 Å². The zero-order valence-electron chi connectivity index (χ0n) is 37.4. The van der Waals surface area contributed by atoms with Crippen molar-refractivity contribution in [1.82, 2.24) is 10.2 Å². The molecule has 0 aromatic heterocycles. The molecule has 2 fully saturated rings. The number of anilines is 4. The first kappa shape index (κ1) is 46.2. The number of halogens is 1. The van der Waals surface area contributed by atoms with E-state index in [-0.39, 0.29) is 11.8 Å². The summed E-state index contributed by atoms with van der Waals surface area (Å²) in [6, 6.07) is 24.2. The number of unbranched alkanes of at least 4 members (excludes halogenated alkanes) is 2. The predicted molar refractivity (Wildman–Crippen MR) is 259 cm³/mol. The van der Waals surface area contributed by atoms with Gasteiger partial charge in [0.2, 0.25) is 11.8 Å². The number of nitrogens with one attached hydrogen (secondary N) is 3. The first-order valence-electron chi connectivity index (χ1n) is 23.4. The normalized spacial score (nSPS) is 17.4. The molecule has 4 aromatic carbocycles. The highest BCUT2D eigenvalue weighted by atomic mass is 79.9. The number of hydrogen-bond donors (Lipinski definition) is 3. The molecule has 2 saturated heterocycles. The third kappa shape index (κ3) is 12.9. The Labute approximate surface area is 391 Å². The van der Waals surface area contributed by atoms with E-state index in [1.807, 2.05) is 54.6 Å². The summed E-state index contributed by atoms with van der Waals surface area (Å²) in [5.41, 5.74) is 6.49. The van der Waals surface area contributed by atoms with Crippen molar-refractivity contribution in [3.05, 3.63) is 83.9 Å². The van der Waals surface area contributed by atoms with Crippen molar-refractivity contribution in [1.29, 1.82) is 0 Å². The number of carbonyl (C=O) groups is 2. The molecule has 0 aliphatic carbocycles. The van der Waals surface area contributed by atoms with Crippen LogP contribution in [0, 0.1) is 0 Å². The van der Waals surface area contributed by atoms with Crippen LogP contribution >= 0.6 is 15.9 Å². The predicted octanol–water partition coefficient (Wildman–Crippen LogP) is 7.32. The third-order valence-electron chi connectivity index (χ3n) is 12.1. The lowest BCUT2D eigenvalue weighted by atomic mass is 10.0. The number of para-hydroxylation sites is 2. The first-order chi connectivity index (χ1) is 32.0. The Balaban J connectivity index is 0.000000147. The summed E-state index contributed by atoms with van der Waals surface area (Å²) in [4.78, 5) is 30.1. The summed E-state index contributed by atoms with van der Waals surface area (Å²) in [7, 11) is 0. The maximum atomic E-state index is 11.6. The Morgan fingerprint density at radius 1 is 0.554 bits per heavy atom. The topological polar surface area (TPSA) is 135 Å². The molecule has 6 aliphatic heterocycles. The minimum atomic E-state index is 0.0859. The molecule has 65 heavy (non-hydrogen) atoms. The summed E-state index contributed by atoms with van der Waals surface area (Å²) in [5, 5.41) is 10.2. The maximum Gasteiger partial charge on any atom is 0.224 e. The van der Waals surface area contributed by atoms with Gasteiger partial charge in [0.1, 0.15) is 37.9 Å². The molecule has 6 heterocycles. The van der Waals surface area contributed by atoms with E-state index in [4.69, 9.17) is 28.4 Å². The monoisotopic (exact) mass is 954 g/mol. The molecule has 15 heteroatoms. The number of fused-ring (bicyclic) bond motifs is 4. The van der Waals surface area contributed by atoms with E-state index in [1.54, 1.807) is 0 Å². The highest BCUT2D eigenvalue weighted by Crippen LogP contribution is 2.41. The van der Waals surface area contributed by atoms with Crippen molar-refractivity contribution < 1.29 is 38.0 Å². The van der Waals surface area contributed by atoms with Gasteiger partial charge in [-0.25, -0.2) is 0 Å². The molecule has 2 amide bonds. The number of nitrogens with zero attached hydrogens (tertiary/aromatic N) is 3. The summed E-state index contributed by atoms with van der Waals surface area (Å²) < 4.78 is 34.5. The lowest BCUT2D eigenvalue weighted by molar-refractivity contribution is -0.117. The number of carbonyl (C=O) groups excluding carboxylic acids is 2. The van der Waals surface area contributed by atoms with Crippen LogP contribution in [0.3, 0.4) is 0 Å². The molecule has 0 atom stereocenters. The second-order valence-corrected chi connectivity index (χ2v) is 17.5. The number of alkyl halides is 1. The lowest BCUT2D eigenvalue weighted by Gasteiger charge is -2.37. The molecule has 0 saturated carbocycles. The van der Waals surface area contributed by atoms with Crippen LogP contribution in [0.1, 0.15) is 49.7 Å². The van der Waals surface area contributed by atoms with Gasteiger partial charge in [-0.15, -0.1) is 0 Å². The van der Waals surface area contributed by atoms with Crippen molar-refractivity contribution in [3.63, 3.8) is 0 Å².